The third kappa shape index (κ3) is 3.62. The van der Waals surface area contributed by atoms with Crippen molar-refractivity contribution < 1.29 is 13.2 Å². The molecule has 0 aliphatic carbocycles. The molecular formula is C17H23N3O3S. The van der Waals surface area contributed by atoms with E-state index in [0.29, 0.717) is 23.7 Å². The van der Waals surface area contributed by atoms with Crippen LogP contribution in [-0.4, -0.2) is 42.1 Å². The fourth-order valence-corrected chi connectivity index (χ4v) is 4.55. The molecule has 1 fully saturated rings. The van der Waals surface area contributed by atoms with Gasteiger partial charge in [-0.25, -0.2) is 8.42 Å². The molecule has 0 bridgehead atoms. The van der Waals surface area contributed by atoms with Crippen LogP contribution >= 0.6 is 0 Å². The lowest BCUT2D eigenvalue weighted by Crippen LogP contribution is -2.39. The van der Waals surface area contributed by atoms with E-state index in [1.165, 1.54) is 0 Å². The van der Waals surface area contributed by atoms with Crippen LogP contribution in [0.5, 0.6) is 5.75 Å². The zero-order valence-electron chi connectivity index (χ0n) is 14.0. The van der Waals surface area contributed by atoms with Gasteiger partial charge in [-0.15, -0.1) is 0 Å². The minimum Gasteiger partial charge on any atom is -0.491 e. The van der Waals surface area contributed by atoms with Crippen LogP contribution in [0.25, 0.3) is 0 Å². The standard InChI is InChI=1S/C17H23N3O3S/c1-13(2)23-16-5-7-17(8-6-16)24(21,22)20-9-3-4-14(12-20)15-10-18-19-11-15/h5-8,10-11,13-14H,3-4,9,12H2,1-2H3,(H,18,19)/t14-/m0/s1. The van der Waals surface area contributed by atoms with E-state index in [2.05, 4.69) is 10.2 Å². The van der Waals surface area contributed by atoms with Gasteiger partial charge < -0.3 is 4.74 Å². The Hall–Kier alpha value is -1.86. The van der Waals surface area contributed by atoms with Crippen LogP contribution in [0.2, 0.25) is 0 Å². The van der Waals surface area contributed by atoms with Crippen LogP contribution in [0.1, 0.15) is 38.2 Å². The van der Waals surface area contributed by atoms with Gasteiger partial charge in [-0.05, 0) is 56.5 Å². The maximum absolute atomic E-state index is 12.9. The van der Waals surface area contributed by atoms with Crippen LogP contribution in [0.15, 0.2) is 41.6 Å². The van der Waals surface area contributed by atoms with E-state index in [4.69, 9.17) is 4.74 Å². The highest BCUT2D eigenvalue weighted by molar-refractivity contribution is 7.89. The van der Waals surface area contributed by atoms with Gasteiger partial charge in [0.15, 0.2) is 0 Å². The Balaban J connectivity index is 1.77. The molecule has 24 heavy (non-hydrogen) atoms. The molecule has 1 saturated heterocycles. The van der Waals surface area contributed by atoms with Crippen molar-refractivity contribution in [2.24, 2.45) is 0 Å². The first-order valence-electron chi connectivity index (χ1n) is 8.22. The monoisotopic (exact) mass is 349 g/mol. The zero-order chi connectivity index (χ0) is 17.2. The van der Waals surface area contributed by atoms with E-state index >= 15 is 0 Å². The van der Waals surface area contributed by atoms with Gasteiger partial charge in [-0.2, -0.15) is 9.40 Å². The molecule has 1 aliphatic rings. The quantitative estimate of drug-likeness (QED) is 0.900. The first-order valence-corrected chi connectivity index (χ1v) is 9.66. The average molecular weight is 349 g/mol. The molecule has 1 N–H and O–H groups in total. The zero-order valence-corrected chi connectivity index (χ0v) is 14.8. The number of sulfonamides is 1. The molecule has 1 aromatic carbocycles. The number of hydrogen-bond donors (Lipinski definition) is 1. The number of hydrogen-bond acceptors (Lipinski definition) is 4. The first-order chi connectivity index (χ1) is 11.5. The number of H-pyrrole nitrogens is 1. The summed E-state index contributed by atoms with van der Waals surface area (Å²) >= 11 is 0. The van der Waals surface area contributed by atoms with Gasteiger partial charge in [0, 0.05) is 25.2 Å². The Bertz CT molecular complexity index is 755. The van der Waals surface area contributed by atoms with Crippen molar-refractivity contribution in [1.29, 1.82) is 0 Å². The molecule has 6 nitrogen and oxygen atoms in total. The number of benzene rings is 1. The molecule has 3 rings (SSSR count). The Kier molecular flexibility index (Phi) is 4.91. The van der Waals surface area contributed by atoms with Crippen LogP contribution in [-0.2, 0) is 10.0 Å². The summed E-state index contributed by atoms with van der Waals surface area (Å²) in [5.74, 6) is 0.870. The molecule has 2 heterocycles. The van der Waals surface area contributed by atoms with Crippen molar-refractivity contribution in [3.63, 3.8) is 0 Å². The van der Waals surface area contributed by atoms with E-state index in [1.807, 2.05) is 20.0 Å². The molecule has 0 unspecified atom stereocenters. The minimum atomic E-state index is -3.48. The molecule has 0 radical (unpaired) electrons. The number of aromatic nitrogens is 2. The third-order valence-corrected chi connectivity index (χ3v) is 6.09. The smallest absolute Gasteiger partial charge is 0.243 e. The molecule has 0 spiro atoms. The third-order valence-electron chi connectivity index (χ3n) is 4.21. The summed E-state index contributed by atoms with van der Waals surface area (Å²) in [6, 6.07) is 6.66. The number of nitrogens with one attached hydrogen (secondary N) is 1. The van der Waals surface area contributed by atoms with Crippen LogP contribution in [0.4, 0.5) is 0 Å². The van der Waals surface area contributed by atoms with Gasteiger partial charge in [-0.3, -0.25) is 5.10 Å². The summed E-state index contributed by atoms with van der Waals surface area (Å²) in [4.78, 5) is 0.312. The topological polar surface area (TPSA) is 75.3 Å². The van der Waals surface area contributed by atoms with E-state index < -0.39 is 10.0 Å². The number of nitrogens with zero attached hydrogens (tertiary/aromatic N) is 2. The second kappa shape index (κ2) is 6.94. The van der Waals surface area contributed by atoms with Crippen molar-refractivity contribution in [3.05, 3.63) is 42.2 Å². The van der Waals surface area contributed by atoms with E-state index in [-0.39, 0.29) is 12.0 Å². The second-order valence-electron chi connectivity index (χ2n) is 6.37. The van der Waals surface area contributed by atoms with Gasteiger partial charge in [-0.1, -0.05) is 0 Å². The van der Waals surface area contributed by atoms with Gasteiger partial charge in [0.25, 0.3) is 0 Å². The Labute approximate surface area is 142 Å². The summed E-state index contributed by atoms with van der Waals surface area (Å²) in [6.45, 7) is 4.93. The van der Waals surface area contributed by atoms with Crippen molar-refractivity contribution in [1.82, 2.24) is 14.5 Å². The van der Waals surface area contributed by atoms with Crippen molar-refractivity contribution in [2.75, 3.05) is 13.1 Å². The largest absolute Gasteiger partial charge is 0.491 e. The molecular weight excluding hydrogens is 326 g/mol. The predicted octanol–water partition coefficient (Wildman–Crippen LogP) is 2.77. The van der Waals surface area contributed by atoms with E-state index in [1.54, 1.807) is 34.8 Å². The molecule has 2 aromatic rings. The van der Waals surface area contributed by atoms with Gasteiger partial charge in [0.2, 0.25) is 10.0 Å². The Morgan fingerprint density at radius 3 is 2.67 bits per heavy atom. The summed E-state index contributed by atoms with van der Waals surface area (Å²) in [5.41, 5.74) is 1.07. The molecule has 1 atom stereocenters. The number of aromatic amines is 1. The lowest BCUT2D eigenvalue weighted by atomic mass is 9.94. The highest BCUT2D eigenvalue weighted by atomic mass is 32.2. The van der Waals surface area contributed by atoms with Crippen molar-refractivity contribution in [3.8, 4) is 5.75 Å². The average Bonchev–Trinajstić information content (AvgIpc) is 3.09. The Morgan fingerprint density at radius 1 is 1.29 bits per heavy atom. The first kappa shape index (κ1) is 17.0. The molecule has 130 valence electrons. The lowest BCUT2D eigenvalue weighted by molar-refractivity contribution is 0.242. The molecule has 1 aromatic heterocycles. The molecule has 0 amide bonds. The number of rotatable bonds is 5. The summed E-state index contributed by atoms with van der Waals surface area (Å²) in [5, 5.41) is 6.77. The molecule has 1 aliphatic heterocycles. The van der Waals surface area contributed by atoms with Crippen LogP contribution in [0, 0.1) is 0 Å². The minimum absolute atomic E-state index is 0.0604. The summed E-state index contributed by atoms with van der Waals surface area (Å²) in [6.07, 6.45) is 5.51. The molecule has 7 heteroatoms. The van der Waals surface area contributed by atoms with Crippen LogP contribution < -0.4 is 4.74 Å². The van der Waals surface area contributed by atoms with Gasteiger partial charge in [0.05, 0.1) is 17.2 Å². The normalized spacial score (nSPS) is 19.5. The SMILES string of the molecule is CC(C)Oc1ccc(S(=O)(=O)N2CCC[C@H](c3cn[nH]c3)C2)cc1. The highest BCUT2D eigenvalue weighted by Crippen LogP contribution is 2.30. The van der Waals surface area contributed by atoms with Crippen LogP contribution in [0.3, 0.4) is 0 Å². The van der Waals surface area contributed by atoms with Crippen molar-refractivity contribution >= 4 is 10.0 Å². The van der Waals surface area contributed by atoms with Gasteiger partial charge in [0.1, 0.15) is 5.75 Å². The van der Waals surface area contributed by atoms with E-state index in [0.717, 1.165) is 18.4 Å². The maximum Gasteiger partial charge on any atom is 0.243 e. The summed E-state index contributed by atoms with van der Waals surface area (Å²) in [7, 11) is -3.48. The Morgan fingerprint density at radius 2 is 2.04 bits per heavy atom. The summed E-state index contributed by atoms with van der Waals surface area (Å²) < 4.78 is 32.9. The fraction of sp³-hybridized carbons (Fsp3) is 0.471. The molecule has 0 saturated carbocycles. The van der Waals surface area contributed by atoms with E-state index in [9.17, 15) is 8.42 Å². The van der Waals surface area contributed by atoms with Crippen molar-refractivity contribution in [2.45, 2.75) is 43.6 Å². The lowest BCUT2D eigenvalue weighted by Gasteiger charge is -2.31. The highest BCUT2D eigenvalue weighted by Gasteiger charge is 2.31. The number of piperidine rings is 1. The fourth-order valence-electron chi connectivity index (χ4n) is 3.03. The maximum atomic E-state index is 12.9. The predicted molar refractivity (Wildman–Crippen MR) is 91.5 cm³/mol. The van der Waals surface area contributed by atoms with Gasteiger partial charge >= 0.3 is 0 Å². The second-order valence-corrected chi connectivity index (χ2v) is 8.31. The number of ether oxygens (including phenoxy) is 1.